The maximum Gasteiger partial charge on any atom is 0.235 e. The molecule has 0 atom stereocenters. The van der Waals surface area contributed by atoms with E-state index in [0.717, 1.165) is 37.8 Å². The lowest BCUT2D eigenvalue weighted by molar-refractivity contribution is 0.402. The van der Waals surface area contributed by atoms with Crippen LogP contribution >= 0.6 is 0 Å². The van der Waals surface area contributed by atoms with Crippen LogP contribution in [-0.4, -0.2) is 25.1 Å². The first kappa shape index (κ1) is 13.0. The van der Waals surface area contributed by atoms with E-state index in [9.17, 15) is 4.79 Å². The highest BCUT2D eigenvalue weighted by Crippen LogP contribution is 2.42. The largest absolute Gasteiger partial charge is 0.305 e. The molecule has 0 bridgehead atoms. The van der Waals surface area contributed by atoms with Gasteiger partial charge < -0.3 is 4.90 Å². The number of rotatable bonds is 4. The Labute approximate surface area is 109 Å². The van der Waals surface area contributed by atoms with Crippen molar-refractivity contribution in [2.24, 2.45) is 4.99 Å². The second-order valence-electron chi connectivity index (χ2n) is 5.38. The van der Waals surface area contributed by atoms with Crippen molar-refractivity contribution in [3.63, 3.8) is 0 Å². The van der Waals surface area contributed by atoms with Crippen LogP contribution in [0.5, 0.6) is 0 Å². The van der Waals surface area contributed by atoms with Crippen molar-refractivity contribution in [2.75, 3.05) is 14.1 Å². The molecule has 1 aliphatic rings. The lowest BCUT2D eigenvalue weighted by atomic mass is 9.88. The Bertz CT molecular complexity index is 438. The average molecular weight is 244 g/mol. The highest BCUT2D eigenvalue weighted by molar-refractivity contribution is 5.39. The molecule has 3 heteroatoms. The van der Waals surface area contributed by atoms with E-state index in [1.165, 1.54) is 5.56 Å². The van der Waals surface area contributed by atoms with Gasteiger partial charge in [-0.15, -0.1) is 0 Å². The summed E-state index contributed by atoms with van der Waals surface area (Å²) in [5, 5.41) is 0. The number of nitrogens with zero attached hydrogens (tertiary/aromatic N) is 2. The van der Waals surface area contributed by atoms with Gasteiger partial charge in [0.05, 0.1) is 5.54 Å². The fraction of sp³-hybridized carbons (Fsp3) is 0.533. The second kappa shape index (κ2) is 5.47. The highest BCUT2D eigenvalue weighted by atomic mass is 16.1. The zero-order valence-corrected chi connectivity index (χ0v) is 11.1. The molecule has 0 radical (unpaired) electrons. The van der Waals surface area contributed by atoms with Gasteiger partial charge in [-0.2, -0.15) is 4.99 Å². The van der Waals surface area contributed by atoms with Crippen LogP contribution < -0.4 is 0 Å². The fourth-order valence-corrected chi connectivity index (χ4v) is 2.80. The number of benzene rings is 1. The summed E-state index contributed by atoms with van der Waals surface area (Å²) in [4.78, 5) is 16.9. The summed E-state index contributed by atoms with van der Waals surface area (Å²) in [6.07, 6.45) is 5.98. The third-order valence-corrected chi connectivity index (χ3v) is 3.68. The standard InChI is InChI=1S/C15H20N2O/c1-17(2)11-13-5-7-14(8-6-13)15(16-12-18)9-3-4-10-15/h5-8H,3-4,9-11H2,1-2H3. The van der Waals surface area contributed by atoms with Gasteiger partial charge in [0.2, 0.25) is 6.08 Å². The van der Waals surface area contributed by atoms with Crippen molar-refractivity contribution in [2.45, 2.75) is 37.8 Å². The maximum atomic E-state index is 10.7. The zero-order chi connectivity index (χ0) is 13.0. The molecule has 0 heterocycles. The molecule has 0 N–H and O–H groups in total. The van der Waals surface area contributed by atoms with E-state index >= 15 is 0 Å². The first-order valence-corrected chi connectivity index (χ1v) is 6.49. The minimum Gasteiger partial charge on any atom is -0.305 e. The van der Waals surface area contributed by atoms with Crippen LogP contribution in [-0.2, 0) is 16.9 Å². The summed E-state index contributed by atoms with van der Waals surface area (Å²) in [6.45, 7) is 0.935. The Morgan fingerprint density at radius 3 is 2.33 bits per heavy atom. The third-order valence-electron chi connectivity index (χ3n) is 3.68. The highest BCUT2D eigenvalue weighted by Gasteiger charge is 2.35. The van der Waals surface area contributed by atoms with Crippen LogP contribution in [0.2, 0.25) is 0 Å². The van der Waals surface area contributed by atoms with Gasteiger partial charge in [-0.05, 0) is 38.1 Å². The summed E-state index contributed by atoms with van der Waals surface area (Å²) >= 11 is 0. The van der Waals surface area contributed by atoms with Gasteiger partial charge in [-0.25, -0.2) is 4.79 Å². The Morgan fingerprint density at radius 2 is 1.83 bits per heavy atom. The molecule has 3 nitrogen and oxygen atoms in total. The van der Waals surface area contributed by atoms with Crippen molar-refractivity contribution in [1.29, 1.82) is 0 Å². The quantitative estimate of drug-likeness (QED) is 0.602. The zero-order valence-electron chi connectivity index (χ0n) is 11.1. The normalized spacial score (nSPS) is 17.7. The predicted molar refractivity (Wildman–Crippen MR) is 72.1 cm³/mol. The average Bonchev–Trinajstić information content (AvgIpc) is 2.79. The van der Waals surface area contributed by atoms with Crippen LogP contribution in [0.3, 0.4) is 0 Å². The van der Waals surface area contributed by atoms with Gasteiger partial charge in [-0.1, -0.05) is 37.1 Å². The molecule has 0 spiro atoms. The minimum absolute atomic E-state index is 0.293. The van der Waals surface area contributed by atoms with Gasteiger partial charge in [-0.3, -0.25) is 0 Å². The summed E-state index contributed by atoms with van der Waals surface area (Å²) in [6, 6.07) is 8.50. The van der Waals surface area contributed by atoms with Crippen molar-refractivity contribution in [3.8, 4) is 0 Å². The number of aliphatic imine (C=N–C) groups is 1. The van der Waals surface area contributed by atoms with Gasteiger partial charge in [0.1, 0.15) is 0 Å². The van der Waals surface area contributed by atoms with Gasteiger partial charge in [0.25, 0.3) is 0 Å². The second-order valence-corrected chi connectivity index (χ2v) is 5.38. The summed E-state index contributed by atoms with van der Waals surface area (Å²) in [5.74, 6) is 0. The molecule has 0 amide bonds. The monoisotopic (exact) mass is 244 g/mol. The van der Waals surface area contributed by atoms with Crippen molar-refractivity contribution < 1.29 is 4.79 Å². The SMILES string of the molecule is CN(C)Cc1ccc(C2(N=C=O)CCCC2)cc1. The molecule has 1 saturated carbocycles. The van der Waals surface area contributed by atoms with Crippen LogP contribution in [0.15, 0.2) is 29.3 Å². The van der Waals surface area contributed by atoms with E-state index in [0.29, 0.717) is 0 Å². The first-order valence-electron chi connectivity index (χ1n) is 6.49. The lowest BCUT2D eigenvalue weighted by Crippen LogP contribution is -2.19. The third kappa shape index (κ3) is 2.69. The first-order chi connectivity index (χ1) is 8.66. The van der Waals surface area contributed by atoms with Gasteiger partial charge in [0.15, 0.2) is 0 Å². The predicted octanol–water partition coefficient (Wildman–Crippen LogP) is 2.85. The molecule has 1 fully saturated rings. The Morgan fingerprint density at radius 1 is 1.22 bits per heavy atom. The van der Waals surface area contributed by atoms with E-state index in [-0.39, 0.29) is 5.54 Å². The van der Waals surface area contributed by atoms with E-state index in [4.69, 9.17) is 0 Å². The molecule has 1 aliphatic carbocycles. The Kier molecular flexibility index (Phi) is 3.95. The van der Waals surface area contributed by atoms with E-state index in [1.54, 1.807) is 6.08 Å². The van der Waals surface area contributed by atoms with Crippen molar-refractivity contribution in [1.82, 2.24) is 4.90 Å². The molecular weight excluding hydrogens is 224 g/mol. The van der Waals surface area contributed by atoms with Crippen LogP contribution in [0.1, 0.15) is 36.8 Å². The molecule has 0 aromatic heterocycles. The molecule has 96 valence electrons. The summed E-state index contributed by atoms with van der Waals surface area (Å²) in [5.41, 5.74) is 2.15. The Balaban J connectivity index is 2.24. The summed E-state index contributed by atoms with van der Waals surface area (Å²) in [7, 11) is 4.12. The van der Waals surface area contributed by atoms with Gasteiger partial charge >= 0.3 is 0 Å². The summed E-state index contributed by atoms with van der Waals surface area (Å²) < 4.78 is 0. The van der Waals surface area contributed by atoms with E-state index in [2.05, 4.69) is 48.3 Å². The van der Waals surface area contributed by atoms with E-state index < -0.39 is 0 Å². The van der Waals surface area contributed by atoms with Crippen molar-refractivity contribution in [3.05, 3.63) is 35.4 Å². The van der Waals surface area contributed by atoms with Crippen LogP contribution in [0.25, 0.3) is 0 Å². The topological polar surface area (TPSA) is 32.7 Å². The molecule has 1 aromatic carbocycles. The molecule has 0 saturated heterocycles. The lowest BCUT2D eigenvalue weighted by Gasteiger charge is -2.23. The molecule has 2 rings (SSSR count). The van der Waals surface area contributed by atoms with Gasteiger partial charge in [0, 0.05) is 6.54 Å². The fourth-order valence-electron chi connectivity index (χ4n) is 2.80. The molecule has 18 heavy (non-hydrogen) atoms. The molecular formula is C15H20N2O. The smallest absolute Gasteiger partial charge is 0.235 e. The number of hydrogen-bond donors (Lipinski definition) is 0. The minimum atomic E-state index is -0.293. The molecule has 1 aromatic rings. The number of isocyanates is 1. The number of hydrogen-bond acceptors (Lipinski definition) is 3. The van der Waals surface area contributed by atoms with Crippen LogP contribution in [0.4, 0.5) is 0 Å². The van der Waals surface area contributed by atoms with Crippen molar-refractivity contribution >= 4 is 6.08 Å². The maximum absolute atomic E-state index is 10.7. The molecule has 0 unspecified atom stereocenters. The number of carbonyl (C=O) groups excluding carboxylic acids is 1. The van der Waals surface area contributed by atoms with E-state index in [1.807, 2.05) is 0 Å². The Hall–Kier alpha value is -1.44. The molecule has 0 aliphatic heterocycles. The van der Waals surface area contributed by atoms with Crippen LogP contribution in [0, 0.1) is 0 Å².